The lowest BCUT2D eigenvalue weighted by Gasteiger charge is -2.11. The van der Waals surface area contributed by atoms with Gasteiger partial charge in [0.1, 0.15) is 6.07 Å². The summed E-state index contributed by atoms with van der Waals surface area (Å²) in [4.78, 5) is 11.7. The smallest absolute Gasteiger partial charge is 0.262 e. The van der Waals surface area contributed by atoms with E-state index < -0.39 is 5.78 Å². The molecule has 2 nitrogen and oxygen atoms in total. The van der Waals surface area contributed by atoms with Crippen molar-refractivity contribution in [1.29, 1.82) is 5.26 Å². The minimum absolute atomic E-state index is 0.379. The molecule has 0 N–H and O–H groups in total. The van der Waals surface area contributed by atoms with Crippen LogP contribution in [0, 0.1) is 11.3 Å². The number of ketones is 1. The molecule has 0 saturated heterocycles. The molecule has 2 rings (SSSR count). The zero-order chi connectivity index (χ0) is 18.4. The summed E-state index contributed by atoms with van der Waals surface area (Å²) >= 11 is 0. The van der Waals surface area contributed by atoms with Crippen LogP contribution in [0.2, 0.25) is 0 Å². The van der Waals surface area contributed by atoms with Crippen molar-refractivity contribution in [3.63, 3.8) is 0 Å². The first-order valence-corrected chi connectivity index (χ1v) is 8.12. The minimum atomic E-state index is -0.552. The van der Waals surface area contributed by atoms with Crippen molar-refractivity contribution in [3.05, 3.63) is 84.5 Å². The van der Waals surface area contributed by atoms with Crippen molar-refractivity contribution in [3.8, 4) is 17.2 Å². The predicted molar refractivity (Wildman–Crippen MR) is 105 cm³/mol. The zero-order valence-electron chi connectivity index (χ0n) is 14.5. The number of aryl methyl sites for hydroxylation is 1. The molecule has 0 unspecified atom stereocenters. The van der Waals surface area contributed by atoms with E-state index in [-0.39, 0.29) is 0 Å². The standard InChI is InChI=1S/C23H21NO/c1-5-7-8-17-11-20(16(3)4)14-21(12-17)19-9-10-22(23(25)15-24)18(6-2)13-19/h5-6,9-14H,1-3,7-8H2,4H3. The average Bonchev–Trinajstić information content (AvgIpc) is 2.64. The molecule has 0 atom stereocenters. The number of nitriles is 1. The molecule has 0 aromatic heterocycles. The lowest BCUT2D eigenvalue weighted by atomic mass is 9.93. The van der Waals surface area contributed by atoms with E-state index in [9.17, 15) is 4.79 Å². The second-order valence-corrected chi connectivity index (χ2v) is 5.97. The molecular formula is C23H21NO. The highest BCUT2D eigenvalue weighted by atomic mass is 16.1. The molecule has 0 aliphatic rings. The number of rotatable bonds is 7. The first-order chi connectivity index (χ1) is 12.0. The summed E-state index contributed by atoms with van der Waals surface area (Å²) in [5.41, 5.74) is 6.39. The maximum atomic E-state index is 11.7. The van der Waals surface area contributed by atoms with Crippen LogP contribution in [0.4, 0.5) is 0 Å². The molecule has 0 fully saturated rings. The van der Waals surface area contributed by atoms with Crippen molar-refractivity contribution in [1.82, 2.24) is 0 Å². The van der Waals surface area contributed by atoms with Crippen molar-refractivity contribution in [2.75, 3.05) is 0 Å². The highest BCUT2D eigenvalue weighted by Gasteiger charge is 2.11. The van der Waals surface area contributed by atoms with E-state index in [1.54, 1.807) is 18.2 Å². The van der Waals surface area contributed by atoms with E-state index in [0.717, 1.165) is 35.1 Å². The van der Waals surface area contributed by atoms with Crippen LogP contribution in [0.1, 0.15) is 40.4 Å². The maximum absolute atomic E-state index is 11.7. The van der Waals surface area contributed by atoms with Gasteiger partial charge in [0.15, 0.2) is 0 Å². The van der Waals surface area contributed by atoms with Gasteiger partial charge in [0.05, 0.1) is 0 Å². The predicted octanol–water partition coefficient (Wildman–Crippen LogP) is 5.85. The Morgan fingerprint density at radius 1 is 1.16 bits per heavy atom. The second kappa shape index (κ2) is 8.08. The first-order valence-electron chi connectivity index (χ1n) is 8.12. The fourth-order valence-corrected chi connectivity index (χ4v) is 2.70. The monoisotopic (exact) mass is 327 g/mol. The van der Waals surface area contributed by atoms with Crippen molar-refractivity contribution >= 4 is 17.4 Å². The molecule has 25 heavy (non-hydrogen) atoms. The Morgan fingerprint density at radius 2 is 1.92 bits per heavy atom. The number of hydrogen-bond acceptors (Lipinski definition) is 2. The van der Waals surface area contributed by atoms with E-state index in [4.69, 9.17) is 5.26 Å². The van der Waals surface area contributed by atoms with E-state index in [0.29, 0.717) is 11.1 Å². The summed E-state index contributed by atoms with van der Waals surface area (Å²) in [6.45, 7) is 13.6. The Labute approximate surface area is 149 Å². The van der Waals surface area contributed by atoms with Crippen LogP contribution >= 0.6 is 0 Å². The molecule has 0 aliphatic carbocycles. The maximum Gasteiger partial charge on any atom is 0.262 e. The van der Waals surface area contributed by atoms with E-state index in [2.05, 4.69) is 37.9 Å². The molecule has 2 aromatic carbocycles. The number of Topliss-reactive ketones (excluding diaryl/α,β-unsaturated/α-hetero) is 1. The molecular weight excluding hydrogens is 306 g/mol. The molecule has 2 aromatic rings. The number of nitrogens with zero attached hydrogens (tertiary/aromatic N) is 1. The van der Waals surface area contributed by atoms with Gasteiger partial charge >= 0.3 is 0 Å². The Bertz CT molecular complexity index is 897. The fraction of sp³-hybridized carbons (Fsp3) is 0.130. The Balaban J connectivity index is 2.57. The molecule has 0 spiro atoms. The lowest BCUT2D eigenvalue weighted by Crippen LogP contribution is -1.98. The van der Waals surface area contributed by atoms with Gasteiger partial charge in [-0.2, -0.15) is 5.26 Å². The molecule has 0 bridgehead atoms. The summed E-state index contributed by atoms with van der Waals surface area (Å²) in [5.74, 6) is -0.552. The van der Waals surface area contributed by atoms with Gasteiger partial charge < -0.3 is 0 Å². The van der Waals surface area contributed by atoms with Gasteiger partial charge in [-0.1, -0.05) is 49.1 Å². The second-order valence-electron chi connectivity index (χ2n) is 5.97. The van der Waals surface area contributed by atoms with Crippen LogP contribution in [0.5, 0.6) is 0 Å². The zero-order valence-corrected chi connectivity index (χ0v) is 14.5. The van der Waals surface area contributed by atoms with Crippen LogP contribution in [-0.2, 0) is 6.42 Å². The third-order valence-corrected chi connectivity index (χ3v) is 4.07. The molecule has 0 amide bonds. The summed E-state index contributed by atoms with van der Waals surface area (Å²) in [6, 6.07) is 13.5. The number of carbonyl (C=O) groups excluding carboxylic acids is 1. The normalized spacial score (nSPS) is 9.92. The summed E-state index contributed by atoms with van der Waals surface area (Å²) in [7, 11) is 0. The number of allylic oxidation sites excluding steroid dienone is 2. The van der Waals surface area contributed by atoms with Crippen LogP contribution in [-0.4, -0.2) is 5.78 Å². The van der Waals surface area contributed by atoms with Crippen LogP contribution in [0.15, 0.2) is 62.2 Å². The van der Waals surface area contributed by atoms with Crippen LogP contribution in [0.25, 0.3) is 22.8 Å². The van der Waals surface area contributed by atoms with Gasteiger partial charge in [0, 0.05) is 5.56 Å². The number of benzene rings is 2. The highest BCUT2D eigenvalue weighted by Crippen LogP contribution is 2.28. The quantitative estimate of drug-likeness (QED) is 0.363. The Kier molecular flexibility index (Phi) is 5.87. The van der Waals surface area contributed by atoms with Gasteiger partial charge in [-0.3, -0.25) is 4.79 Å². The number of carbonyl (C=O) groups is 1. The van der Waals surface area contributed by atoms with Crippen LogP contribution < -0.4 is 0 Å². The van der Waals surface area contributed by atoms with E-state index in [1.807, 2.05) is 25.1 Å². The number of hydrogen-bond donors (Lipinski definition) is 0. The van der Waals surface area contributed by atoms with Gasteiger partial charge in [0.25, 0.3) is 5.78 Å². The van der Waals surface area contributed by atoms with Gasteiger partial charge in [-0.25, -0.2) is 0 Å². The fourth-order valence-electron chi connectivity index (χ4n) is 2.70. The summed E-state index contributed by atoms with van der Waals surface area (Å²) in [6.07, 6.45) is 5.34. The first kappa shape index (κ1) is 18.2. The highest BCUT2D eigenvalue weighted by molar-refractivity contribution is 6.10. The van der Waals surface area contributed by atoms with Crippen LogP contribution in [0.3, 0.4) is 0 Å². The molecule has 0 saturated carbocycles. The largest absolute Gasteiger partial charge is 0.277 e. The molecule has 124 valence electrons. The minimum Gasteiger partial charge on any atom is -0.277 e. The molecule has 0 aliphatic heterocycles. The summed E-state index contributed by atoms with van der Waals surface area (Å²) < 4.78 is 0. The van der Waals surface area contributed by atoms with Gasteiger partial charge in [-0.15, -0.1) is 6.58 Å². The van der Waals surface area contributed by atoms with Crippen molar-refractivity contribution < 1.29 is 4.79 Å². The third kappa shape index (κ3) is 4.22. The topological polar surface area (TPSA) is 40.9 Å². The molecule has 0 heterocycles. The Morgan fingerprint density at radius 3 is 2.52 bits per heavy atom. The lowest BCUT2D eigenvalue weighted by molar-refractivity contribution is 0.105. The Hall–Kier alpha value is -3.18. The molecule has 2 heteroatoms. The van der Waals surface area contributed by atoms with Crippen molar-refractivity contribution in [2.45, 2.75) is 19.8 Å². The summed E-state index contributed by atoms with van der Waals surface area (Å²) in [5, 5.41) is 8.86. The van der Waals surface area contributed by atoms with Gasteiger partial charge in [0.2, 0.25) is 0 Å². The average molecular weight is 327 g/mol. The van der Waals surface area contributed by atoms with E-state index in [1.165, 1.54) is 5.56 Å². The SMILES string of the molecule is C=CCCc1cc(C(=C)C)cc(-c2ccc(C(=O)C#N)c(C=C)c2)c1. The van der Waals surface area contributed by atoms with E-state index >= 15 is 0 Å². The van der Waals surface area contributed by atoms with Crippen molar-refractivity contribution in [2.24, 2.45) is 0 Å². The van der Waals surface area contributed by atoms with Gasteiger partial charge in [-0.05, 0) is 65.8 Å². The molecule has 0 radical (unpaired) electrons. The third-order valence-electron chi connectivity index (χ3n) is 4.07.